The van der Waals surface area contributed by atoms with Gasteiger partial charge in [0, 0.05) is 61.7 Å². The van der Waals surface area contributed by atoms with Crippen LogP contribution >= 0.6 is 0 Å². The van der Waals surface area contributed by atoms with Gasteiger partial charge in [0.1, 0.15) is 5.82 Å². The summed E-state index contributed by atoms with van der Waals surface area (Å²) in [5.41, 5.74) is 4.49. The Kier molecular flexibility index (Phi) is 5.54. The molecule has 1 saturated heterocycles. The van der Waals surface area contributed by atoms with E-state index in [0.29, 0.717) is 5.92 Å². The molecule has 1 N–H and O–H groups in total. The number of nitrogens with zero attached hydrogens (tertiary/aromatic N) is 5. The van der Waals surface area contributed by atoms with Crippen LogP contribution < -0.4 is 5.32 Å². The van der Waals surface area contributed by atoms with Crippen LogP contribution in [0.1, 0.15) is 30.0 Å². The maximum Gasteiger partial charge on any atom is 0.161 e. The van der Waals surface area contributed by atoms with Crippen molar-refractivity contribution in [2.24, 2.45) is 0 Å². The molecule has 0 aliphatic carbocycles. The molecule has 4 aromatic rings. The molecule has 3 aromatic heterocycles. The minimum atomic E-state index is 0.387. The largest absolute Gasteiger partial charge is 0.373 e. The Hall–Kier alpha value is -3.38. The zero-order chi connectivity index (χ0) is 21.0. The van der Waals surface area contributed by atoms with Crippen LogP contribution in [0.5, 0.6) is 0 Å². The standard InChI is InChI=1S/C25H26N6/c1-26-24-15-23(29-25(30-24)18-9-12-27-13-10-18)20-6-4-14-31(17-20)16-19-5-2-8-22-21(19)7-3-11-28-22/h2-3,5,7-13,15,20H,4,6,14,16-17H2,1H3,(H,26,29,30)/t20-/m1/s1. The minimum absolute atomic E-state index is 0.387. The molecule has 1 atom stereocenters. The molecule has 0 spiro atoms. The molecule has 0 saturated carbocycles. The molecule has 1 aliphatic rings. The second-order valence-electron chi connectivity index (χ2n) is 8.05. The van der Waals surface area contributed by atoms with Crippen LogP contribution in [0.15, 0.2) is 67.1 Å². The third-order valence-corrected chi connectivity index (χ3v) is 5.99. The van der Waals surface area contributed by atoms with E-state index in [1.807, 2.05) is 31.4 Å². The zero-order valence-electron chi connectivity index (χ0n) is 17.7. The number of nitrogens with one attached hydrogen (secondary N) is 1. The molecule has 5 rings (SSSR count). The number of pyridine rings is 2. The zero-order valence-corrected chi connectivity index (χ0v) is 17.7. The molecule has 0 radical (unpaired) electrons. The first kappa shape index (κ1) is 19.6. The maximum absolute atomic E-state index is 4.95. The monoisotopic (exact) mass is 410 g/mol. The Morgan fingerprint density at radius 2 is 1.94 bits per heavy atom. The molecule has 0 amide bonds. The molecule has 6 heteroatoms. The minimum Gasteiger partial charge on any atom is -0.373 e. The highest BCUT2D eigenvalue weighted by Gasteiger charge is 2.24. The summed E-state index contributed by atoms with van der Waals surface area (Å²) in [5, 5.41) is 4.44. The fourth-order valence-corrected chi connectivity index (χ4v) is 4.42. The third-order valence-electron chi connectivity index (χ3n) is 5.99. The van der Waals surface area contributed by atoms with E-state index in [4.69, 9.17) is 4.98 Å². The van der Waals surface area contributed by atoms with Gasteiger partial charge in [0.05, 0.1) is 11.2 Å². The molecule has 1 fully saturated rings. The van der Waals surface area contributed by atoms with Crippen molar-refractivity contribution in [3.05, 3.63) is 78.4 Å². The highest BCUT2D eigenvalue weighted by Crippen LogP contribution is 2.30. The van der Waals surface area contributed by atoms with E-state index >= 15 is 0 Å². The number of fused-ring (bicyclic) bond motifs is 1. The van der Waals surface area contributed by atoms with Gasteiger partial charge in [-0.3, -0.25) is 14.9 Å². The van der Waals surface area contributed by atoms with Crippen molar-refractivity contribution in [3.8, 4) is 11.4 Å². The molecule has 1 aromatic carbocycles. The Bertz CT molecular complexity index is 1170. The predicted octanol–water partition coefficient (Wildman–Crippen LogP) is 4.51. The van der Waals surface area contributed by atoms with E-state index in [1.165, 1.54) is 10.9 Å². The van der Waals surface area contributed by atoms with Crippen molar-refractivity contribution in [3.63, 3.8) is 0 Å². The van der Waals surface area contributed by atoms with Crippen molar-refractivity contribution < 1.29 is 0 Å². The van der Waals surface area contributed by atoms with Crippen molar-refractivity contribution in [2.45, 2.75) is 25.3 Å². The molecular weight excluding hydrogens is 384 g/mol. The van der Waals surface area contributed by atoms with Gasteiger partial charge in [-0.2, -0.15) is 0 Å². The van der Waals surface area contributed by atoms with Gasteiger partial charge in [-0.05, 0) is 49.2 Å². The number of anilines is 1. The highest BCUT2D eigenvalue weighted by atomic mass is 15.1. The summed E-state index contributed by atoms with van der Waals surface area (Å²) in [6.07, 6.45) is 7.73. The van der Waals surface area contributed by atoms with Crippen LogP contribution in [-0.2, 0) is 6.54 Å². The smallest absolute Gasteiger partial charge is 0.161 e. The first-order chi connectivity index (χ1) is 15.3. The number of aromatic nitrogens is 4. The fraction of sp³-hybridized carbons (Fsp3) is 0.280. The van der Waals surface area contributed by atoms with Crippen molar-refractivity contribution in [1.82, 2.24) is 24.8 Å². The first-order valence-corrected chi connectivity index (χ1v) is 10.8. The number of benzene rings is 1. The lowest BCUT2D eigenvalue weighted by atomic mass is 9.93. The van der Waals surface area contributed by atoms with Crippen LogP contribution in [0.4, 0.5) is 5.82 Å². The van der Waals surface area contributed by atoms with Crippen molar-refractivity contribution >= 4 is 16.7 Å². The average molecular weight is 411 g/mol. The third kappa shape index (κ3) is 4.25. The fourth-order valence-electron chi connectivity index (χ4n) is 4.42. The number of hydrogen-bond donors (Lipinski definition) is 1. The lowest BCUT2D eigenvalue weighted by Crippen LogP contribution is -2.34. The summed E-state index contributed by atoms with van der Waals surface area (Å²) in [7, 11) is 1.91. The number of rotatable bonds is 5. The molecule has 1 aliphatic heterocycles. The molecule has 31 heavy (non-hydrogen) atoms. The topological polar surface area (TPSA) is 66.8 Å². The summed E-state index contributed by atoms with van der Waals surface area (Å²) in [4.78, 5) is 20.8. The summed E-state index contributed by atoms with van der Waals surface area (Å²) >= 11 is 0. The molecule has 0 bridgehead atoms. The quantitative estimate of drug-likeness (QED) is 0.522. The Morgan fingerprint density at radius 1 is 1.03 bits per heavy atom. The lowest BCUT2D eigenvalue weighted by molar-refractivity contribution is 0.199. The van der Waals surface area contributed by atoms with E-state index < -0.39 is 0 Å². The van der Waals surface area contributed by atoms with Crippen LogP contribution in [0.25, 0.3) is 22.3 Å². The Balaban J connectivity index is 1.40. The number of hydrogen-bond acceptors (Lipinski definition) is 6. The van der Waals surface area contributed by atoms with Gasteiger partial charge in [0.25, 0.3) is 0 Å². The van der Waals surface area contributed by atoms with Gasteiger partial charge in [-0.15, -0.1) is 0 Å². The predicted molar refractivity (Wildman–Crippen MR) is 124 cm³/mol. The van der Waals surface area contributed by atoms with Crippen LogP contribution in [-0.4, -0.2) is 45.0 Å². The van der Waals surface area contributed by atoms with Gasteiger partial charge in [-0.1, -0.05) is 18.2 Å². The maximum atomic E-state index is 4.95. The van der Waals surface area contributed by atoms with Crippen molar-refractivity contribution in [2.75, 3.05) is 25.5 Å². The SMILES string of the molecule is CNc1cc([C@@H]2CCCN(Cc3cccc4ncccc34)C2)nc(-c2ccncc2)n1. The number of likely N-dealkylation sites (tertiary alicyclic amines) is 1. The summed E-state index contributed by atoms with van der Waals surface area (Å²) in [6, 6.07) is 16.6. The van der Waals surface area contributed by atoms with Gasteiger partial charge in [-0.25, -0.2) is 9.97 Å². The molecule has 4 heterocycles. The van der Waals surface area contributed by atoms with Crippen LogP contribution in [0, 0.1) is 0 Å². The second-order valence-corrected chi connectivity index (χ2v) is 8.05. The van der Waals surface area contributed by atoms with Crippen LogP contribution in [0.3, 0.4) is 0 Å². The summed E-state index contributed by atoms with van der Waals surface area (Å²) in [5.74, 6) is 1.99. The molecule has 0 unspecified atom stereocenters. The lowest BCUT2D eigenvalue weighted by Gasteiger charge is -2.33. The van der Waals surface area contributed by atoms with E-state index in [1.54, 1.807) is 12.4 Å². The van der Waals surface area contributed by atoms with Gasteiger partial charge < -0.3 is 5.32 Å². The summed E-state index contributed by atoms with van der Waals surface area (Å²) in [6.45, 7) is 3.03. The Labute approximate surface area is 182 Å². The van der Waals surface area contributed by atoms with Crippen LogP contribution in [0.2, 0.25) is 0 Å². The van der Waals surface area contributed by atoms with E-state index in [-0.39, 0.29) is 0 Å². The first-order valence-electron chi connectivity index (χ1n) is 10.8. The normalized spacial score (nSPS) is 17.0. The van der Waals surface area contributed by atoms with Crippen molar-refractivity contribution in [1.29, 1.82) is 0 Å². The second kappa shape index (κ2) is 8.78. The van der Waals surface area contributed by atoms with E-state index in [9.17, 15) is 0 Å². The van der Waals surface area contributed by atoms with Gasteiger partial charge in [0.15, 0.2) is 5.82 Å². The molecular formula is C25H26N6. The highest BCUT2D eigenvalue weighted by molar-refractivity contribution is 5.81. The molecule has 6 nitrogen and oxygen atoms in total. The summed E-state index contributed by atoms with van der Waals surface area (Å²) < 4.78 is 0. The number of piperidine rings is 1. The van der Waals surface area contributed by atoms with Gasteiger partial charge in [0.2, 0.25) is 0 Å². The Morgan fingerprint density at radius 3 is 2.81 bits per heavy atom. The average Bonchev–Trinajstić information content (AvgIpc) is 2.85. The molecule has 156 valence electrons. The van der Waals surface area contributed by atoms with E-state index in [2.05, 4.69) is 55.5 Å². The van der Waals surface area contributed by atoms with Gasteiger partial charge >= 0.3 is 0 Å². The van der Waals surface area contributed by atoms with E-state index in [0.717, 1.165) is 60.9 Å².